The lowest BCUT2D eigenvalue weighted by atomic mass is 9.91. The van der Waals surface area contributed by atoms with Crippen molar-refractivity contribution in [1.82, 2.24) is 15.1 Å². The van der Waals surface area contributed by atoms with E-state index in [0.29, 0.717) is 5.92 Å². The highest BCUT2D eigenvalue weighted by Gasteiger charge is 2.48. The number of nitrogens with one attached hydrogen (secondary N) is 1. The van der Waals surface area contributed by atoms with Crippen molar-refractivity contribution in [3.05, 3.63) is 0 Å². The third-order valence-electron chi connectivity index (χ3n) is 4.22. The van der Waals surface area contributed by atoms with Crippen molar-refractivity contribution in [2.24, 2.45) is 11.3 Å². The van der Waals surface area contributed by atoms with Gasteiger partial charge in [0.2, 0.25) is 5.91 Å². The molecule has 1 amide bonds. The average molecular weight is 283 g/mol. The van der Waals surface area contributed by atoms with Crippen LogP contribution < -0.4 is 5.32 Å². The van der Waals surface area contributed by atoms with E-state index < -0.39 is 5.54 Å². The normalized spacial score (nSPS) is 28.0. The predicted octanol–water partition coefficient (Wildman–Crippen LogP) is 2.16. The highest BCUT2D eigenvalue weighted by atomic mass is 16.2. The minimum absolute atomic E-state index is 0.0902. The Labute approximate surface area is 124 Å². The minimum Gasteiger partial charge on any atom is -0.325 e. The van der Waals surface area contributed by atoms with Crippen molar-refractivity contribution in [3.63, 3.8) is 0 Å². The van der Waals surface area contributed by atoms with E-state index in [9.17, 15) is 4.79 Å². The third-order valence-corrected chi connectivity index (χ3v) is 4.22. The van der Waals surface area contributed by atoms with Gasteiger partial charge in [-0.3, -0.25) is 10.1 Å². The van der Waals surface area contributed by atoms with Gasteiger partial charge in [0, 0.05) is 13.1 Å². The van der Waals surface area contributed by atoms with Crippen LogP contribution in [0, 0.1) is 11.3 Å². The van der Waals surface area contributed by atoms with Crippen molar-refractivity contribution < 1.29 is 4.79 Å². The van der Waals surface area contributed by atoms with Crippen LogP contribution in [0.5, 0.6) is 0 Å². The number of nitrogens with zero attached hydrogens (tertiary/aromatic N) is 2. The minimum atomic E-state index is -0.400. The number of amides is 1. The maximum Gasteiger partial charge on any atom is 0.243 e. The summed E-state index contributed by atoms with van der Waals surface area (Å²) in [4.78, 5) is 17.0. The molecule has 1 aliphatic rings. The van der Waals surface area contributed by atoms with Gasteiger partial charge in [0.25, 0.3) is 0 Å². The molecule has 0 saturated carbocycles. The second kappa shape index (κ2) is 6.02. The Kier molecular flexibility index (Phi) is 5.25. The van der Waals surface area contributed by atoms with E-state index in [1.807, 2.05) is 6.92 Å². The molecule has 1 saturated heterocycles. The summed E-state index contributed by atoms with van der Waals surface area (Å²) in [6, 6.07) is 0. The van der Waals surface area contributed by atoms with Crippen LogP contribution >= 0.6 is 0 Å². The van der Waals surface area contributed by atoms with Gasteiger partial charge in [-0.2, -0.15) is 0 Å². The molecule has 1 fully saturated rings. The lowest BCUT2D eigenvalue weighted by molar-refractivity contribution is -0.134. The van der Waals surface area contributed by atoms with Crippen molar-refractivity contribution >= 4 is 5.91 Å². The summed E-state index contributed by atoms with van der Waals surface area (Å²) in [5.74, 6) is 0.674. The molecule has 2 unspecified atom stereocenters. The summed E-state index contributed by atoms with van der Waals surface area (Å²) in [6.45, 7) is 14.7. The Morgan fingerprint density at radius 2 is 1.95 bits per heavy atom. The second-order valence-corrected chi connectivity index (χ2v) is 7.85. The Balaban J connectivity index is 2.92. The molecule has 4 heteroatoms. The number of carbonyl (C=O) groups is 1. The van der Waals surface area contributed by atoms with Crippen molar-refractivity contribution in [3.8, 4) is 0 Å². The predicted molar refractivity (Wildman–Crippen MR) is 84.5 cm³/mol. The van der Waals surface area contributed by atoms with Crippen LogP contribution in [0.2, 0.25) is 0 Å². The Bertz CT molecular complexity index is 352. The van der Waals surface area contributed by atoms with E-state index in [-0.39, 0.29) is 17.5 Å². The van der Waals surface area contributed by atoms with Crippen LogP contribution in [0.4, 0.5) is 0 Å². The fraction of sp³-hybridized carbons (Fsp3) is 0.938. The zero-order valence-corrected chi connectivity index (χ0v) is 14.6. The van der Waals surface area contributed by atoms with Crippen LogP contribution in [0.1, 0.15) is 48.0 Å². The first-order valence-corrected chi connectivity index (χ1v) is 7.76. The summed E-state index contributed by atoms with van der Waals surface area (Å²) >= 11 is 0. The van der Waals surface area contributed by atoms with Crippen molar-refractivity contribution in [1.29, 1.82) is 0 Å². The lowest BCUT2D eigenvalue weighted by Gasteiger charge is -2.36. The van der Waals surface area contributed by atoms with Gasteiger partial charge in [-0.25, -0.2) is 0 Å². The average Bonchev–Trinajstić information content (AvgIpc) is 2.53. The van der Waals surface area contributed by atoms with Crippen LogP contribution in [0.15, 0.2) is 0 Å². The van der Waals surface area contributed by atoms with Crippen molar-refractivity contribution in [2.45, 2.75) is 59.7 Å². The third kappa shape index (κ3) is 3.73. The molecule has 0 spiro atoms. The fourth-order valence-electron chi connectivity index (χ4n) is 3.23. The number of hydrogen-bond acceptors (Lipinski definition) is 3. The molecule has 0 radical (unpaired) electrons. The van der Waals surface area contributed by atoms with Crippen LogP contribution in [0.25, 0.3) is 0 Å². The molecular formula is C16H33N3O. The first kappa shape index (κ1) is 17.4. The Hall–Kier alpha value is -0.610. The molecule has 0 aliphatic carbocycles. The molecule has 0 aromatic carbocycles. The van der Waals surface area contributed by atoms with Crippen LogP contribution in [-0.2, 0) is 4.79 Å². The van der Waals surface area contributed by atoms with Gasteiger partial charge in [0.05, 0.1) is 11.7 Å². The van der Waals surface area contributed by atoms with Gasteiger partial charge >= 0.3 is 0 Å². The maximum atomic E-state index is 12.8. The molecule has 2 atom stereocenters. The van der Waals surface area contributed by atoms with Gasteiger partial charge in [-0.05, 0) is 38.8 Å². The summed E-state index contributed by atoms with van der Waals surface area (Å²) in [7, 11) is 4.17. The van der Waals surface area contributed by atoms with Crippen molar-refractivity contribution in [2.75, 3.05) is 27.2 Å². The molecule has 0 bridgehead atoms. The van der Waals surface area contributed by atoms with E-state index in [0.717, 1.165) is 19.5 Å². The Morgan fingerprint density at radius 3 is 2.35 bits per heavy atom. The van der Waals surface area contributed by atoms with E-state index in [1.54, 1.807) is 0 Å². The summed E-state index contributed by atoms with van der Waals surface area (Å²) in [6.07, 6.45) is 0.980. The molecule has 20 heavy (non-hydrogen) atoms. The molecule has 1 rings (SSSR count). The molecule has 1 aliphatic heterocycles. The lowest BCUT2D eigenvalue weighted by Crippen LogP contribution is -2.47. The molecule has 1 N–H and O–H groups in total. The van der Waals surface area contributed by atoms with Crippen LogP contribution in [-0.4, -0.2) is 54.6 Å². The van der Waals surface area contributed by atoms with Gasteiger partial charge in [0.1, 0.15) is 0 Å². The van der Waals surface area contributed by atoms with Gasteiger partial charge < -0.3 is 9.80 Å². The highest BCUT2D eigenvalue weighted by molar-refractivity contribution is 5.88. The zero-order valence-electron chi connectivity index (χ0n) is 14.6. The van der Waals surface area contributed by atoms with E-state index >= 15 is 0 Å². The zero-order chi connectivity index (χ0) is 15.7. The fourth-order valence-corrected chi connectivity index (χ4v) is 3.23. The molecule has 1 heterocycles. The van der Waals surface area contributed by atoms with Gasteiger partial charge in [-0.15, -0.1) is 0 Å². The largest absolute Gasteiger partial charge is 0.325 e. The monoisotopic (exact) mass is 283 g/mol. The molecule has 0 aromatic heterocycles. The highest BCUT2D eigenvalue weighted by Crippen LogP contribution is 2.30. The SMILES string of the molecule is CCC1(C)NC(C(C)C)N(CC(C)(C)CN(C)C)C1=O. The standard InChI is InChI=1S/C16H33N3O/c1-9-16(6)14(20)19(13(17-16)12(2)3)11-15(4,5)10-18(7)8/h12-13,17H,9-11H2,1-8H3. The Morgan fingerprint density at radius 1 is 1.40 bits per heavy atom. The first-order valence-electron chi connectivity index (χ1n) is 7.76. The van der Waals surface area contributed by atoms with Gasteiger partial charge in [-0.1, -0.05) is 34.6 Å². The first-order chi connectivity index (χ1) is 9.02. The molecule has 118 valence electrons. The van der Waals surface area contributed by atoms with E-state index in [4.69, 9.17) is 0 Å². The maximum absolute atomic E-state index is 12.8. The topological polar surface area (TPSA) is 35.6 Å². The van der Waals surface area contributed by atoms with E-state index in [2.05, 4.69) is 63.8 Å². The second-order valence-electron chi connectivity index (χ2n) is 7.85. The number of rotatable bonds is 6. The number of hydrogen-bond donors (Lipinski definition) is 1. The van der Waals surface area contributed by atoms with Gasteiger partial charge in [0.15, 0.2) is 0 Å². The summed E-state index contributed by atoms with van der Waals surface area (Å²) in [5.41, 5.74) is -0.309. The van der Waals surface area contributed by atoms with Crippen LogP contribution in [0.3, 0.4) is 0 Å². The molecule has 4 nitrogen and oxygen atoms in total. The number of carbonyl (C=O) groups excluding carboxylic acids is 1. The van der Waals surface area contributed by atoms with E-state index in [1.165, 1.54) is 0 Å². The summed E-state index contributed by atoms with van der Waals surface area (Å²) < 4.78 is 0. The quantitative estimate of drug-likeness (QED) is 0.811. The summed E-state index contributed by atoms with van der Waals surface area (Å²) in [5, 5.41) is 3.55. The molecule has 0 aromatic rings. The smallest absolute Gasteiger partial charge is 0.243 e. The molecular weight excluding hydrogens is 250 g/mol.